The molecule has 1 unspecified atom stereocenters. The van der Waals surface area contributed by atoms with Crippen molar-refractivity contribution in [3.8, 4) is 0 Å². The van der Waals surface area contributed by atoms with E-state index in [2.05, 4.69) is 29.6 Å². The van der Waals surface area contributed by atoms with E-state index in [0.29, 0.717) is 6.54 Å². The van der Waals surface area contributed by atoms with Crippen molar-refractivity contribution in [2.24, 2.45) is 0 Å². The van der Waals surface area contributed by atoms with E-state index in [1.54, 1.807) is 6.07 Å². The normalized spacial score (nSPS) is 12.4. The summed E-state index contributed by atoms with van der Waals surface area (Å²) in [7, 11) is 0. The minimum absolute atomic E-state index is 0.161. The number of nitrogens with one attached hydrogen (secondary N) is 1. The summed E-state index contributed by atoms with van der Waals surface area (Å²) in [5.74, 6) is -1.61. The van der Waals surface area contributed by atoms with E-state index in [1.165, 1.54) is 17.2 Å². The molecule has 0 aliphatic rings. The van der Waals surface area contributed by atoms with Gasteiger partial charge < -0.3 is 5.32 Å². The fourth-order valence-corrected chi connectivity index (χ4v) is 1.89. The third-order valence-electron chi connectivity index (χ3n) is 3.17. The van der Waals surface area contributed by atoms with E-state index in [0.717, 1.165) is 11.6 Å². The van der Waals surface area contributed by atoms with Gasteiger partial charge in [0.2, 0.25) is 0 Å². The van der Waals surface area contributed by atoms with Crippen LogP contribution in [0.3, 0.4) is 0 Å². The number of rotatable bonds is 4. The van der Waals surface area contributed by atoms with Crippen LogP contribution in [0, 0.1) is 18.6 Å². The molecule has 0 saturated heterocycles. The van der Waals surface area contributed by atoms with Crippen LogP contribution in [0.25, 0.3) is 0 Å². The van der Waals surface area contributed by atoms with Gasteiger partial charge in [0.15, 0.2) is 11.6 Å². The lowest BCUT2D eigenvalue weighted by Gasteiger charge is -2.14. The molecule has 19 heavy (non-hydrogen) atoms. The molecule has 2 aromatic rings. The minimum atomic E-state index is -0.810. The van der Waals surface area contributed by atoms with Gasteiger partial charge in [-0.3, -0.25) is 0 Å². The molecule has 0 aliphatic carbocycles. The Morgan fingerprint density at radius 3 is 2.32 bits per heavy atom. The van der Waals surface area contributed by atoms with E-state index >= 15 is 0 Å². The first kappa shape index (κ1) is 13.7. The molecule has 0 spiro atoms. The molecule has 1 N–H and O–H groups in total. The van der Waals surface area contributed by atoms with Crippen molar-refractivity contribution in [1.82, 2.24) is 5.32 Å². The quantitative estimate of drug-likeness (QED) is 0.872. The Morgan fingerprint density at radius 1 is 1.00 bits per heavy atom. The molecule has 0 heterocycles. The first-order valence-electron chi connectivity index (χ1n) is 6.30. The van der Waals surface area contributed by atoms with E-state index in [9.17, 15) is 8.78 Å². The highest BCUT2D eigenvalue weighted by atomic mass is 19.2. The summed E-state index contributed by atoms with van der Waals surface area (Å²) >= 11 is 0. The largest absolute Gasteiger partial charge is 0.306 e. The van der Waals surface area contributed by atoms with Crippen LogP contribution in [0.2, 0.25) is 0 Å². The van der Waals surface area contributed by atoms with Gasteiger partial charge >= 0.3 is 0 Å². The number of aryl methyl sites for hydroxylation is 1. The summed E-state index contributed by atoms with van der Waals surface area (Å²) in [6.45, 7) is 4.60. The molecule has 1 atom stereocenters. The maximum Gasteiger partial charge on any atom is 0.159 e. The van der Waals surface area contributed by atoms with Crippen LogP contribution in [0.15, 0.2) is 42.5 Å². The van der Waals surface area contributed by atoms with Crippen molar-refractivity contribution in [2.45, 2.75) is 26.4 Å². The molecule has 0 aromatic heterocycles. The first-order chi connectivity index (χ1) is 9.06. The van der Waals surface area contributed by atoms with Crippen molar-refractivity contribution in [3.63, 3.8) is 0 Å². The van der Waals surface area contributed by atoms with Gasteiger partial charge in [-0.1, -0.05) is 35.9 Å². The average Bonchev–Trinajstić information content (AvgIpc) is 2.40. The van der Waals surface area contributed by atoms with E-state index in [1.807, 2.05) is 13.8 Å². The fraction of sp³-hybridized carbons (Fsp3) is 0.250. The molecular formula is C16H17F2N. The molecule has 3 heteroatoms. The van der Waals surface area contributed by atoms with Crippen LogP contribution < -0.4 is 5.32 Å². The zero-order valence-corrected chi connectivity index (χ0v) is 11.1. The lowest BCUT2D eigenvalue weighted by molar-refractivity contribution is 0.504. The number of benzene rings is 2. The maximum atomic E-state index is 13.1. The highest BCUT2D eigenvalue weighted by Gasteiger charge is 2.06. The van der Waals surface area contributed by atoms with Gasteiger partial charge in [0.1, 0.15) is 0 Å². The smallest absolute Gasteiger partial charge is 0.159 e. The predicted molar refractivity (Wildman–Crippen MR) is 72.8 cm³/mol. The topological polar surface area (TPSA) is 12.0 Å². The zero-order valence-electron chi connectivity index (χ0n) is 11.1. The first-order valence-corrected chi connectivity index (χ1v) is 6.30. The SMILES string of the molecule is Cc1ccc(C(C)NCc2ccc(F)c(F)c2)cc1. The Hall–Kier alpha value is -1.74. The second-order valence-electron chi connectivity index (χ2n) is 4.76. The Balaban J connectivity index is 1.98. The zero-order chi connectivity index (χ0) is 13.8. The molecule has 0 aliphatic heterocycles. The van der Waals surface area contributed by atoms with Crippen LogP contribution in [0.5, 0.6) is 0 Å². The number of hydrogen-bond acceptors (Lipinski definition) is 1. The van der Waals surface area contributed by atoms with E-state index in [4.69, 9.17) is 0 Å². The standard InChI is InChI=1S/C16H17F2N/c1-11-3-6-14(7-4-11)12(2)19-10-13-5-8-15(17)16(18)9-13/h3-9,12,19H,10H2,1-2H3. The molecule has 0 amide bonds. The summed E-state index contributed by atoms with van der Waals surface area (Å²) in [4.78, 5) is 0. The summed E-state index contributed by atoms with van der Waals surface area (Å²) in [5.41, 5.74) is 3.13. The Bertz CT molecular complexity index is 549. The minimum Gasteiger partial charge on any atom is -0.306 e. The van der Waals surface area contributed by atoms with E-state index in [-0.39, 0.29) is 6.04 Å². The molecule has 2 aromatic carbocycles. The van der Waals surface area contributed by atoms with Crippen molar-refractivity contribution in [2.75, 3.05) is 0 Å². The van der Waals surface area contributed by atoms with Gasteiger partial charge in [0.05, 0.1) is 0 Å². The fourth-order valence-electron chi connectivity index (χ4n) is 1.89. The van der Waals surface area contributed by atoms with Crippen LogP contribution >= 0.6 is 0 Å². The molecule has 2 rings (SSSR count). The third-order valence-corrected chi connectivity index (χ3v) is 3.17. The van der Waals surface area contributed by atoms with Crippen LogP contribution in [-0.2, 0) is 6.54 Å². The van der Waals surface area contributed by atoms with Gasteiger partial charge in [-0.2, -0.15) is 0 Å². The number of halogens is 2. The van der Waals surface area contributed by atoms with Gasteiger partial charge in [-0.15, -0.1) is 0 Å². The van der Waals surface area contributed by atoms with E-state index < -0.39 is 11.6 Å². The summed E-state index contributed by atoms with van der Waals surface area (Å²) in [6, 6.07) is 12.4. The number of hydrogen-bond donors (Lipinski definition) is 1. The lowest BCUT2D eigenvalue weighted by atomic mass is 10.1. The second kappa shape index (κ2) is 5.93. The average molecular weight is 261 g/mol. The molecular weight excluding hydrogens is 244 g/mol. The van der Waals surface area contributed by atoms with Crippen LogP contribution in [0.1, 0.15) is 29.7 Å². The van der Waals surface area contributed by atoms with Crippen molar-refractivity contribution < 1.29 is 8.78 Å². The highest BCUT2D eigenvalue weighted by Crippen LogP contribution is 2.15. The van der Waals surface area contributed by atoms with Crippen LogP contribution in [0.4, 0.5) is 8.78 Å². The van der Waals surface area contributed by atoms with Gasteiger partial charge in [0.25, 0.3) is 0 Å². The molecule has 0 saturated carbocycles. The van der Waals surface area contributed by atoms with Crippen molar-refractivity contribution >= 4 is 0 Å². The monoisotopic (exact) mass is 261 g/mol. The molecule has 0 radical (unpaired) electrons. The summed E-state index contributed by atoms with van der Waals surface area (Å²) in [5, 5.41) is 3.29. The Morgan fingerprint density at radius 2 is 1.68 bits per heavy atom. The molecule has 0 fully saturated rings. The molecule has 0 bridgehead atoms. The third kappa shape index (κ3) is 3.61. The second-order valence-corrected chi connectivity index (χ2v) is 4.76. The van der Waals surface area contributed by atoms with Crippen molar-refractivity contribution in [1.29, 1.82) is 0 Å². The van der Waals surface area contributed by atoms with Crippen molar-refractivity contribution in [3.05, 3.63) is 70.8 Å². The maximum absolute atomic E-state index is 13.1. The van der Waals surface area contributed by atoms with Crippen LogP contribution in [-0.4, -0.2) is 0 Å². The molecule has 1 nitrogen and oxygen atoms in total. The Kier molecular flexibility index (Phi) is 4.27. The van der Waals surface area contributed by atoms with Gasteiger partial charge in [-0.05, 0) is 37.1 Å². The Labute approximate surface area is 112 Å². The predicted octanol–water partition coefficient (Wildman–Crippen LogP) is 4.12. The summed E-state index contributed by atoms with van der Waals surface area (Å²) < 4.78 is 25.9. The lowest BCUT2D eigenvalue weighted by Crippen LogP contribution is -2.18. The molecule has 100 valence electrons. The van der Waals surface area contributed by atoms with Gasteiger partial charge in [0, 0.05) is 12.6 Å². The highest BCUT2D eigenvalue weighted by molar-refractivity contribution is 5.24. The summed E-state index contributed by atoms with van der Waals surface area (Å²) in [6.07, 6.45) is 0. The van der Waals surface area contributed by atoms with Gasteiger partial charge in [-0.25, -0.2) is 8.78 Å².